The Balaban J connectivity index is 1.69. The van der Waals surface area contributed by atoms with Crippen molar-refractivity contribution in [3.05, 3.63) is 0 Å². The molecule has 0 radical (unpaired) electrons. The van der Waals surface area contributed by atoms with Crippen LogP contribution in [0.2, 0.25) is 0 Å². The molecular weight excluding hydrogens is 268 g/mol. The summed E-state index contributed by atoms with van der Waals surface area (Å²) in [6, 6.07) is 0. The van der Waals surface area contributed by atoms with E-state index in [1.165, 1.54) is 31.3 Å². The first-order chi connectivity index (χ1) is 7.78. The van der Waals surface area contributed by atoms with Gasteiger partial charge in [-0.15, -0.1) is 0 Å². The highest BCUT2D eigenvalue weighted by atomic mass is 79.9. The smallest absolute Gasteiger partial charge is 0.0829 e. The molecule has 1 unspecified atom stereocenters. The molecule has 2 aliphatic heterocycles. The van der Waals surface area contributed by atoms with E-state index in [9.17, 15) is 0 Å². The molecule has 0 spiro atoms. The highest BCUT2D eigenvalue weighted by Crippen LogP contribution is 2.19. The van der Waals surface area contributed by atoms with Gasteiger partial charge in [-0.2, -0.15) is 0 Å². The predicted molar refractivity (Wildman–Crippen MR) is 70.2 cm³/mol. The Kier molecular flexibility index (Phi) is 5.07. The zero-order valence-electron chi connectivity index (χ0n) is 10.2. The second-order valence-corrected chi connectivity index (χ2v) is 5.80. The minimum absolute atomic E-state index is 0.430. The molecule has 4 heteroatoms. The molecular formula is C12H23BrN2O. The molecule has 16 heavy (non-hydrogen) atoms. The van der Waals surface area contributed by atoms with Crippen LogP contribution in [0.1, 0.15) is 12.8 Å². The van der Waals surface area contributed by atoms with Crippen molar-refractivity contribution in [1.82, 2.24) is 9.80 Å². The van der Waals surface area contributed by atoms with Crippen LogP contribution in [0.5, 0.6) is 0 Å². The Morgan fingerprint density at radius 3 is 2.62 bits per heavy atom. The molecule has 3 nitrogen and oxygen atoms in total. The number of rotatable bonds is 3. The third-order valence-electron chi connectivity index (χ3n) is 3.73. The number of ether oxygens (including phenoxy) is 1. The average Bonchev–Trinajstić information content (AvgIpc) is 2.30. The average molecular weight is 291 g/mol. The lowest BCUT2D eigenvalue weighted by molar-refractivity contribution is -0.0389. The van der Waals surface area contributed by atoms with Crippen LogP contribution in [0, 0.1) is 5.92 Å². The van der Waals surface area contributed by atoms with Gasteiger partial charge in [0.2, 0.25) is 0 Å². The molecule has 0 aromatic carbocycles. The molecule has 2 heterocycles. The van der Waals surface area contributed by atoms with E-state index in [1.54, 1.807) is 0 Å². The summed E-state index contributed by atoms with van der Waals surface area (Å²) in [6.45, 7) is 6.71. The molecule has 94 valence electrons. The van der Waals surface area contributed by atoms with Gasteiger partial charge in [0.1, 0.15) is 0 Å². The maximum atomic E-state index is 5.81. The summed E-state index contributed by atoms with van der Waals surface area (Å²) < 4.78 is 5.81. The zero-order valence-corrected chi connectivity index (χ0v) is 11.8. The summed E-state index contributed by atoms with van der Waals surface area (Å²) in [4.78, 5) is 4.95. The normalized spacial score (nSPS) is 30.8. The van der Waals surface area contributed by atoms with Crippen LogP contribution in [0.4, 0.5) is 0 Å². The Morgan fingerprint density at radius 1 is 1.25 bits per heavy atom. The van der Waals surface area contributed by atoms with Gasteiger partial charge >= 0.3 is 0 Å². The summed E-state index contributed by atoms with van der Waals surface area (Å²) in [6.07, 6.45) is 3.11. The van der Waals surface area contributed by atoms with Gasteiger partial charge in [0.25, 0.3) is 0 Å². The summed E-state index contributed by atoms with van der Waals surface area (Å²) in [5.41, 5.74) is 0. The number of hydrogen-bond donors (Lipinski definition) is 0. The number of halogens is 1. The van der Waals surface area contributed by atoms with Crippen molar-refractivity contribution in [2.45, 2.75) is 18.9 Å². The standard InChI is InChI=1S/C12H23BrN2O/c1-14-6-7-16-12(9-14)10-15-4-2-11(8-13)3-5-15/h11-12H,2-10H2,1H3. The molecule has 0 bridgehead atoms. The SMILES string of the molecule is CN1CCOC(CN2CCC(CBr)CC2)C1. The van der Waals surface area contributed by atoms with Crippen LogP contribution >= 0.6 is 15.9 Å². The van der Waals surface area contributed by atoms with E-state index in [4.69, 9.17) is 4.74 Å². The Morgan fingerprint density at radius 2 is 2.00 bits per heavy atom. The van der Waals surface area contributed by atoms with Gasteiger partial charge in [-0.3, -0.25) is 0 Å². The first-order valence-corrected chi connectivity index (χ1v) is 7.48. The van der Waals surface area contributed by atoms with Gasteiger partial charge in [0, 0.05) is 25.0 Å². The second kappa shape index (κ2) is 6.34. The van der Waals surface area contributed by atoms with E-state index in [0.717, 1.165) is 32.2 Å². The van der Waals surface area contributed by atoms with Crippen LogP contribution in [-0.2, 0) is 4.74 Å². The van der Waals surface area contributed by atoms with Crippen LogP contribution in [0.25, 0.3) is 0 Å². The van der Waals surface area contributed by atoms with Crippen molar-refractivity contribution in [3.63, 3.8) is 0 Å². The lowest BCUT2D eigenvalue weighted by atomic mass is 9.99. The third kappa shape index (κ3) is 3.69. The molecule has 0 amide bonds. The fraction of sp³-hybridized carbons (Fsp3) is 1.00. The Labute approximate surface area is 107 Å². The van der Waals surface area contributed by atoms with Crippen molar-refractivity contribution in [1.29, 1.82) is 0 Å². The number of alkyl halides is 1. The van der Waals surface area contributed by atoms with Crippen molar-refractivity contribution in [3.8, 4) is 0 Å². The van der Waals surface area contributed by atoms with Gasteiger partial charge in [0.05, 0.1) is 12.7 Å². The Bertz CT molecular complexity index is 207. The van der Waals surface area contributed by atoms with E-state index in [0.29, 0.717) is 6.10 Å². The number of likely N-dealkylation sites (tertiary alicyclic amines) is 1. The fourth-order valence-electron chi connectivity index (χ4n) is 2.59. The topological polar surface area (TPSA) is 15.7 Å². The van der Waals surface area contributed by atoms with Gasteiger partial charge in [-0.05, 0) is 38.9 Å². The Hall–Kier alpha value is 0.360. The van der Waals surface area contributed by atoms with Gasteiger partial charge in [-0.1, -0.05) is 15.9 Å². The summed E-state index contributed by atoms with van der Waals surface area (Å²) in [7, 11) is 2.19. The van der Waals surface area contributed by atoms with E-state index in [1.807, 2.05) is 0 Å². The first kappa shape index (κ1) is 12.8. The lowest BCUT2D eigenvalue weighted by Gasteiger charge is -2.36. The monoisotopic (exact) mass is 290 g/mol. The maximum absolute atomic E-state index is 5.81. The van der Waals surface area contributed by atoms with Crippen molar-refractivity contribution < 1.29 is 4.74 Å². The van der Waals surface area contributed by atoms with Gasteiger partial charge in [0.15, 0.2) is 0 Å². The third-order valence-corrected chi connectivity index (χ3v) is 4.64. The van der Waals surface area contributed by atoms with E-state index < -0.39 is 0 Å². The molecule has 2 saturated heterocycles. The number of nitrogens with zero attached hydrogens (tertiary/aromatic N) is 2. The molecule has 1 atom stereocenters. The van der Waals surface area contributed by atoms with Crippen molar-refractivity contribution in [2.75, 3.05) is 51.7 Å². The molecule has 0 N–H and O–H groups in total. The molecule has 0 saturated carbocycles. The molecule has 0 aromatic rings. The minimum Gasteiger partial charge on any atom is -0.374 e. The number of morpholine rings is 1. The van der Waals surface area contributed by atoms with Crippen LogP contribution < -0.4 is 0 Å². The maximum Gasteiger partial charge on any atom is 0.0829 e. The summed E-state index contributed by atoms with van der Waals surface area (Å²) in [5, 5.41) is 1.17. The second-order valence-electron chi connectivity index (χ2n) is 5.15. The largest absolute Gasteiger partial charge is 0.374 e. The van der Waals surface area contributed by atoms with Crippen LogP contribution in [0.3, 0.4) is 0 Å². The summed E-state index contributed by atoms with van der Waals surface area (Å²) in [5.74, 6) is 0.895. The quantitative estimate of drug-likeness (QED) is 0.732. The van der Waals surface area contributed by atoms with Crippen molar-refractivity contribution >= 4 is 15.9 Å². The van der Waals surface area contributed by atoms with Gasteiger partial charge < -0.3 is 14.5 Å². The molecule has 0 aromatic heterocycles. The van der Waals surface area contributed by atoms with Crippen molar-refractivity contribution in [2.24, 2.45) is 5.92 Å². The zero-order chi connectivity index (χ0) is 11.4. The fourth-order valence-corrected chi connectivity index (χ4v) is 3.24. The molecule has 0 aliphatic carbocycles. The highest BCUT2D eigenvalue weighted by Gasteiger charge is 2.23. The molecule has 2 aliphatic rings. The highest BCUT2D eigenvalue weighted by molar-refractivity contribution is 9.09. The predicted octanol–water partition coefficient (Wildman–Crippen LogP) is 1.42. The minimum atomic E-state index is 0.430. The van der Waals surface area contributed by atoms with E-state index in [2.05, 4.69) is 32.8 Å². The molecule has 2 rings (SSSR count). The van der Waals surface area contributed by atoms with Crippen LogP contribution in [-0.4, -0.2) is 67.6 Å². The van der Waals surface area contributed by atoms with E-state index >= 15 is 0 Å². The van der Waals surface area contributed by atoms with Crippen LogP contribution in [0.15, 0.2) is 0 Å². The number of hydrogen-bond acceptors (Lipinski definition) is 3. The lowest BCUT2D eigenvalue weighted by Crippen LogP contribution is -2.47. The summed E-state index contributed by atoms with van der Waals surface area (Å²) >= 11 is 3.59. The number of piperidine rings is 1. The molecule has 2 fully saturated rings. The number of likely N-dealkylation sites (N-methyl/N-ethyl adjacent to an activating group) is 1. The van der Waals surface area contributed by atoms with Gasteiger partial charge in [-0.25, -0.2) is 0 Å². The van der Waals surface area contributed by atoms with E-state index in [-0.39, 0.29) is 0 Å². The first-order valence-electron chi connectivity index (χ1n) is 6.36.